The zero-order chi connectivity index (χ0) is 12.7. The molecule has 1 atom stereocenters. The third-order valence-corrected chi connectivity index (χ3v) is 2.73. The van der Waals surface area contributed by atoms with Gasteiger partial charge in [0.2, 0.25) is 5.91 Å². The monoisotopic (exact) mass is 299 g/mol. The Morgan fingerprint density at radius 2 is 2.00 bits per heavy atom. The quantitative estimate of drug-likeness (QED) is 0.658. The van der Waals surface area contributed by atoms with E-state index in [1.165, 1.54) is 7.11 Å². The van der Waals surface area contributed by atoms with Gasteiger partial charge in [-0.3, -0.25) is 4.79 Å². The zero-order valence-electron chi connectivity index (χ0n) is 9.48. The second kappa shape index (κ2) is 7.06. The summed E-state index contributed by atoms with van der Waals surface area (Å²) in [5, 5.41) is 2.77. The van der Waals surface area contributed by atoms with Gasteiger partial charge in [0.1, 0.15) is 6.04 Å². The van der Waals surface area contributed by atoms with Crippen LogP contribution in [0.1, 0.15) is 5.56 Å². The lowest BCUT2D eigenvalue weighted by Gasteiger charge is -2.15. The van der Waals surface area contributed by atoms with Crippen molar-refractivity contribution in [2.24, 2.45) is 0 Å². The summed E-state index contributed by atoms with van der Waals surface area (Å²) in [6, 6.07) is 8.82. The van der Waals surface area contributed by atoms with Crippen molar-refractivity contribution in [1.82, 2.24) is 5.32 Å². The Labute approximate surface area is 108 Å². The first kappa shape index (κ1) is 13.7. The molecule has 1 rings (SSSR count). The molecular formula is C12H14BrNO3. The maximum absolute atomic E-state index is 11.5. The Kier molecular flexibility index (Phi) is 5.69. The molecule has 0 aliphatic heterocycles. The maximum atomic E-state index is 11.5. The van der Waals surface area contributed by atoms with E-state index in [4.69, 9.17) is 0 Å². The van der Waals surface area contributed by atoms with Gasteiger partial charge in [0.05, 0.1) is 12.4 Å². The van der Waals surface area contributed by atoms with Crippen LogP contribution in [-0.2, 0) is 20.7 Å². The molecule has 0 saturated carbocycles. The fourth-order valence-electron chi connectivity index (χ4n) is 1.42. The van der Waals surface area contributed by atoms with Crippen molar-refractivity contribution >= 4 is 27.8 Å². The highest BCUT2D eigenvalue weighted by atomic mass is 79.9. The number of carbonyl (C=O) groups excluding carboxylic acids is 2. The second-order valence-electron chi connectivity index (χ2n) is 3.47. The van der Waals surface area contributed by atoms with Gasteiger partial charge in [-0.25, -0.2) is 4.79 Å². The van der Waals surface area contributed by atoms with Gasteiger partial charge in [-0.2, -0.15) is 0 Å². The van der Waals surface area contributed by atoms with Gasteiger partial charge in [0.25, 0.3) is 0 Å². The second-order valence-corrected chi connectivity index (χ2v) is 4.03. The average Bonchev–Trinajstić information content (AvgIpc) is 2.38. The number of ether oxygens (including phenoxy) is 1. The van der Waals surface area contributed by atoms with Crippen LogP contribution in [0.3, 0.4) is 0 Å². The van der Waals surface area contributed by atoms with Crippen molar-refractivity contribution in [3.63, 3.8) is 0 Å². The van der Waals surface area contributed by atoms with Gasteiger partial charge >= 0.3 is 5.97 Å². The minimum absolute atomic E-state index is 0.162. The number of nitrogens with one attached hydrogen (secondary N) is 1. The molecule has 1 unspecified atom stereocenters. The lowest BCUT2D eigenvalue weighted by atomic mass is 10.1. The van der Waals surface area contributed by atoms with Gasteiger partial charge in [-0.15, -0.1) is 0 Å². The molecule has 4 nitrogen and oxygen atoms in total. The molecule has 0 radical (unpaired) electrons. The van der Waals surface area contributed by atoms with Crippen molar-refractivity contribution in [1.29, 1.82) is 0 Å². The molecule has 17 heavy (non-hydrogen) atoms. The van der Waals surface area contributed by atoms with E-state index in [-0.39, 0.29) is 11.2 Å². The van der Waals surface area contributed by atoms with E-state index in [1.807, 2.05) is 30.3 Å². The maximum Gasteiger partial charge on any atom is 0.328 e. The van der Waals surface area contributed by atoms with Gasteiger partial charge in [-0.1, -0.05) is 46.3 Å². The van der Waals surface area contributed by atoms with E-state index in [0.29, 0.717) is 6.42 Å². The molecular weight excluding hydrogens is 286 g/mol. The van der Waals surface area contributed by atoms with Gasteiger partial charge in [0, 0.05) is 6.42 Å². The minimum atomic E-state index is -0.646. The largest absolute Gasteiger partial charge is 0.467 e. The molecule has 0 aliphatic rings. The lowest BCUT2D eigenvalue weighted by Crippen LogP contribution is -2.43. The number of amides is 1. The summed E-state index contributed by atoms with van der Waals surface area (Å²) >= 11 is 3.04. The molecule has 0 aliphatic carbocycles. The molecule has 1 amide bonds. The number of rotatable bonds is 5. The smallest absolute Gasteiger partial charge is 0.328 e. The summed E-state index contributed by atoms with van der Waals surface area (Å²) in [6.07, 6.45) is 0.423. The van der Waals surface area contributed by atoms with Crippen LogP contribution < -0.4 is 5.32 Å². The SMILES string of the molecule is COC(=O)C(Cc1ccccc1)NC(=O)CBr. The number of carbonyl (C=O) groups is 2. The van der Waals surface area contributed by atoms with Crippen LogP contribution in [0, 0.1) is 0 Å². The Bertz CT molecular complexity index is 381. The lowest BCUT2D eigenvalue weighted by molar-refractivity contribution is -0.144. The summed E-state index contributed by atoms with van der Waals surface area (Å²) in [4.78, 5) is 22.8. The number of halogens is 1. The molecule has 92 valence electrons. The van der Waals surface area contributed by atoms with E-state index in [2.05, 4.69) is 26.0 Å². The third kappa shape index (κ3) is 4.56. The van der Waals surface area contributed by atoms with Crippen molar-refractivity contribution in [3.8, 4) is 0 Å². The van der Waals surface area contributed by atoms with Crippen molar-refractivity contribution in [3.05, 3.63) is 35.9 Å². The van der Waals surface area contributed by atoms with Crippen LogP contribution in [-0.4, -0.2) is 30.4 Å². The number of benzene rings is 1. The van der Waals surface area contributed by atoms with Gasteiger partial charge < -0.3 is 10.1 Å². The first-order valence-electron chi connectivity index (χ1n) is 5.14. The van der Waals surface area contributed by atoms with Crippen molar-refractivity contribution in [2.45, 2.75) is 12.5 Å². The van der Waals surface area contributed by atoms with Crippen LogP contribution in [0.15, 0.2) is 30.3 Å². The predicted octanol–water partition coefficient (Wildman–Crippen LogP) is 1.28. The number of hydrogen-bond donors (Lipinski definition) is 1. The van der Waals surface area contributed by atoms with E-state index in [0.717, 1.165) is 5.56 Å². The number of hydrogen-bond acceptors (Lipinski definition) is 3. The molecule has 0 aromatic heterocycles. The van der Waals surface area contributed by atoms with Crippen molar-refractivity contribution in [2.75, 3.05) is 12.4 Å². The molecule has 1 aromatic rings. The van der Waals surface area contributed by atoms with E-state index in [1.54, 1.807) is 0 Å². The Morgan fingerprint density at radius 3 is 2.53 bits per heavy atom. The number of alkyl halides is 1. The van der Waals surface area contributed by atoms with E-state index < -0.39 is 12.0 Å². The Hall–Kier alpha value is -1.36. The van der Waals surface area contributed by atoms with Gasteiger partial charge in [0.15, 0.2) is 0 Å². The fourth-order valence-corrected chi connectivity index (χ4v) is 1.58. The molecule has 5 heteroatoms. The van der Waals surface area contributed by atoms with Crippen molar-refractivity contribution < 1.29 is 14.3 Å². The van der Waals surface area contributed by atoms with Crippen LogP contribution in [0.2, 0.25) is 0 Å². The molecule has 1 N–H and O–H groups in total. The first-order chi connectivity index (χ1) is 8.17. The normalized spacial score (nSPS) is 11.6. The highest BCUT2D eigenvalue weighted by Gasteiger charge is 2.21. The van der Waals surface area contributed by atoms with Crippen LogP contribution in [0.5, 0.6) is 0 Å². The topological polar surface area (TPSA) is 55.4 Å². The zero-order valence-corrected chi connectivity index (χ0v) is 11.1. The molecule has 0 spiro atoms. The summed E-state index contributed by atoms with van der Waals surface area (Å²) in [6.45, 7) is 0. The summed E-state index contributed by atoms with van der Waals surface area (Å²) in [5.74, 6) is -0.681. The third-order valence-electron chi connectivity index (χ3n) is 2.22. The molecule has 0 bridgehead atoms. The first-order valence-corrected chi connectivity index (χ1v) is 6.26. The predicted molar refractivity (Wildman–Crippen MR) is 67.9 cm³/mol. The summed E-state index contributed by atoms with van der Waals surface area (Å²) < 4.78 is 4.66. The summed E-state index contributed by atoms with van der Waals surface area (Å²) in [7, 11) is 1.31. The highest BCUT2D eigenvalue weighted by Crippen LogP contribution is 2.04. The van der Waals surface area contributed by atoms with E-state index in [9.17, 15) is 9.59 Å². The van der Waals surface area contributed by atoms with E-state index >= 15 is 0 Å². The standard InChI is InChI=1S/C12H14BrNO3/c1-17-12(16)10(14-11(15)8-13)7-9-5-3-2-4-6-9/h2-6,10H,7-8H2,1H3,(H,14,15). The number of methoxy groups -OCH3 is 1. The molecule has 0 heterocycles. The Balaban J connectivity index is 2.70. The molecule has 0 saturated heterocycles. The Morgan fingerprint density at radius 1 is 1.35 bits per heavy atom. The fraction of sp³-hybridized carbons (Fsp3) is 0.333. The molecule has 0 fully saturated rings. The minimum Gasteiger partial charge on any atom is -0.467 e. The van der Waals surface area contributed by atoms with Crippen LogP contribution in [0.4, 0.5) is 0 Å². The number of esters is 1. The van der Waals surface area contributed by atoms with Gasteiger partial charge in [-0.05, 0) is 5.56 Å². The molecule has 1 aromatic carbocycles. The average molecular weight is 300 g/mol. The van der Waals surface area contributed by atoms with Crippen LogP contribution in [0.25, 0.3) is 0 Å². The highest BCUT2D eigenvalue weighted by molar-refractivity contribution is 9.09. The summed E-state index contributed by atoms with van der Waals surface area (Å²) in [5.41, 5.74) is 0.970. The van der Waals surface area contributed by atoms with Crippen LogP contribution >= 0.6 is 15.9 Å².